The van der Waals surface area contributed by atoms with E-state index < -0.39 is 0 Å². The highest BCUT2D eigenvalue weighted by atomic mass is 16.1. The Kier molecular flexibility index (Phi) is 4.89. The number of carbonyl (C=O) groups excluding carboxylic acids is 1. The highest BCUT2D eigenvalue weighted by Gasteiger charge is 2.23. The Morgan fingerprint density at radius 2 is 2.10 bits per heavy atom. The molecule has 0 spiro atoms. The summed E-state index contributed by atoms with van der Waals surface area (Å²) in [5.74, 6) is 0.205. The molecule has 1 aliphatic rings. The van der Waals surface area contributed by atoms with Gasteiger partial charge < -0.3 is 5.32 Å². The van der Waals surface area contributed by atoms with Crippen molar-refractivity contribution in [3.8, 4) is 6.07 Å². The molecule has 2 atom stereocenters. The predicted molar refractivity (Wildman–Crippen MR) is 77.4 cm³/mol. The van der Waals surface area contributed by atoms with Gasteiger partial charge in [0.1, 0.15) is 11.6 Å². The highest BCUT2D eigenvalue weighted by molar-refractivity contribution is 6.01. The predicted octanol–water partition coefficient (Wildman–Crippen LogP) is 2.68. The molecule has 0 unspecified atom stereocenters. The summed E-state index contributed by atoms with van der Waals surface area (Å²) >= 11 is 0. The molecule has 0 aliphatic heterocycles. The van der Waals surface area contributed by atoms with Crippen molar-refractivity contribution >= 4 is 12.0 Å². The molecule has 2 rings (SSSR count). The van der Waals surface area contributed by atoms with Crippen molar-refractivity contribution in [1.82, 2.24) is 10.3 Å². The Morgan fingerprint density at radius 1 is 1.40 bits per heavy atom. The monoisotopic (exact) mass is 269 g/mol. The molecule has 4 nitrogen and oxygen atoms in total. The Labute approximate surface area is 119 Å². The fraction of sp³-hybridized carbons (Fsp3) is 0.438. The van der Waals surface area contributed by atoms with Gasteiger partial charge in [-0.05, 0) is 42.5 Å². The zero-order valence-electron chi connectivity index (χ0n) is 11.7. The van der Waals surface area contributed by atoms with Crippen LogP contribution in [0.3, 0.4) is 0 Å². The lowest BCUT2D eigenvalue weighted by Crippen LogP contribution is -2.41. The molecule has 1 saturated carbocycles. The van der Waals surface area contributed by atoms with Crippen LogP contribution < -0.4 is 5.32 Å². The van der Waals surface area contributed by atoms with Crippen molar-refractivity contribution in [3.63, 3.8) is 0 Å². The number of nitriles is 1. The highest BCUT2D eigenvalue weighted by Crippen LogP contribution is 2.24. The summed E-state index contributed by atoms with van der Waals surface area (Å²) < 4.78 is 0. The molecule has 1 heterocycles. The van der Waals surface area contributed by atoms with Crippen LogP contribution in [0.4, 0.5) is 0 Å². The van der Waals surface area contributed by atoms with E-state index in [-0.39, 0.29) is 17.5 Å². The number of aromatic nitrogens is 1. The lowest BCUT2D eigenvalue weighted by Gasteiger charge is -2.29. The quantitative estimate of drug-likeness (QED) is 0.677. The number of rotatable bonds is 3. The number of nitrogens with one attached hydrogen (secondary N) is 1. The second-order valence-corrected chi connectivity index (χ2v) is 5.29. The summed E-state index contributed by atoms with van der Waals surface area (Å²) in [6, 6.07) is 5.71. The normalized spacial score (nSPS) is 22.9. The topological polar surface area (TPSA) is 65.8 Å². The first-order valence-electron chi connectivity index (χ1n) is 7.03. The summed E-state index contributed by atoms with van der Waals surface area (Å²) in [6.45, 7) is 2.16. The molecule has 1 fully saturated rings. The molecule has 1 aromatic rings. The molecule has 1 aromatic heterocycles. The van der Waals surface area contributed by atoms with Gasteiger partial charge in [-0.15, -0.1) is 0 Å². The van der Waals surface area contributed by atoms with Crippen molar-refractivity contribution in [3.05, 3.63) is 35.7 Å². The second kappa shape index (κ2) is 6.85. The molecular formula is C16H19N3O. The van der Waals surface area contributed by atoms with E-state index in [0.29, 0.717) is 5.92 Å². The van der Waals surface area contributed by atoms with Gasteiger partial charge in [-0.25, -0.2) is 0 Å². The molecule has 4 heteroatoms. The Balaban J connectivity index is 2.06. The number of carbonyl (C=O) groups is 1. The third-order valence-corrected chi connectivity index (χ3v) is 3.81. The van der Waals surface area contributed by atoms with Crippen molar-refractivity contribution < 1.29 is 4.79 Å². The van der Waals surface area contributed by atoms with E-state index in [4.69, 9.17) is 5.26 Å². The van der Waals surface area contributed by atoms with E-state index in [0.717, 1.165) is 24.8 Å². The standard InChI is InChI=1S/C16H19N3O/c1-12-4-2-3-5-15(12)19-16(20)14(11-17)10-13-6-8-18-9-7-13/h6-10,12,15H,2-5H2,1H3,(H,19,20)/b14-10+/t12-,15-/m0/s1. The molecule has 0 saturated heterocycles. The van der Waals surface area contributed by atoms with Crippen LogP contribution in [0.15, 0.2) is 30.1 Å². The summed E-state index contributed by atoms with van der Waals surface area (Å²) in [5, 5.41) is 12.2. The minimum Gasteiger partial charge on any atom is -0.348 e. The summed E-state index contributed by atoms with van der Waals surface area (Å²) in [4.78, 5) is 16.1. The van der Waals surface area contributed by atoms with Gasteiger partial charge in [0, 0.05) is 18.4 Å². The van der Waals surface area contributed by atoms with Crippen molar-refractivity contribution in [2.75, 3.05) is 0 Å². The number of hydrogen-bond acceptors (Lipinski definition) is 3. The van der Waals surface area contributed by atoms with E-state index >= 15 is 0 Å². The molecule has 20 heavy (non-hydrogen) atoms. The van der Waals surface area contributed by atoms with Gasteiger partial charge in [-0.3, -0.25) is 9.78 Å². The van der Waals surface area contributed by atoms with E-state index in [1.54, 1.807) is 30.6 Å². The van der Waals surface area contributed by atoms with E-state index in [9.17, 15) is 4.79 Å². The number of amides is 1. The zero-order chi connectivity index (χ0) is 14.4. The Bertz CT molecular complexity index is 530. The average molecular weight is 269 g/mol. The smallest absolute Gasteiger partial charge is 0.262 e. The minimum atomic E-state index is -0.275. The van der Waals surface area contributed by atoms with Crippen LogP contribution in [-0.2, 0) is 4.79 Å². The van der Waals surface area contributed by atoms with E-state index in [2.05, 4.69) is 17.2 Å². The minimum absolute atomic E-state index is 0.147. The van der Waals surface area contributed by atoms with E-state index in [1.807, 2.05) is 6.07 Å². The molecule has 1 amide bonds. The van der Waals surface area contributed by atoms with Gasteiger partial charge in [0.05, 0.1) is 0 Å². The van der Waals surface area contributed by atoms with E-state index in [1.165, 1.54) is 6.42 Å². The van der Waals surface area contributed by atoms with Gasteiger partial charge in [0.15, 0.2) is 0 Å². The van der Waals surface area contributed by atoms with Crippen LogP contribution in [-0.4, -0.2) is 16.9 Å². The first kappa shape index (κ1) is 14.3. The van der Waals surface area contributed by atoms with Gasteiger partial charge in [0.2, 0.25) is 0 Å². The van der Waals surface area contributed by atoms with Crippen LogP contribution in [0, 0.1) is 17.2 Å². The molecule has 0 radical (unpaired) electrons. The largest absolute Gasteiger partial charge is 0.348 e. The molecule has 1 N–H and O–H groups in total. The van der Waals surface area contributed by atoms with Gasteiger partial charge in [-0.1, -0.05) is 19.8 Å². The first-order chi connectivity index (χ1) is 9.70. The summed E-state index contributed by atoms with van der Waals surface area (Å²) in [6.07, 6.45) is 9.40. The van der Waals surface area contributed by atoms with Crippen LogP contribution in [0.25, 0.3) is 6.08 Å². The Morgan fingerprint density at radius 3 is 2.75 bits per heavy atom. The fourth-order valence-electron chi connectivity index (χ4n) is 2.55. The van der Waals surface area contributed by atoms with Crippen molar-refractivity contribution in [1.29, 1.82) is 5.26 Å². The van der Waals surface area contributed by atoms with Crippen LogP contribution in [0.2, 0.25) is 0 Å². The van der Waals surface area contributed by atoms with Crippen LogP contribution in [0.5, 0.6) is 0 Å². The molecule has 0 aromatic carbocycles. The molecular weight excluding hydrogens is 250 g/mol. The molecule has 1 aliphatic carbocycles. The molecule has 0 bridgehead atoms. The van der Waals surface area contributed by atoms with Crippen molar-refractivity contribution in [2.24, 2.45) is 5.92 Å². The number of pyridine rings is 1. The lowest BCUT2D eigenvalue weighted by atomic mass is 9.86. The first-order valence-corrected chi connectivity index (χ1v) is 7.03. The number of hydrogen-bond donors (Lipinski definition) is 1. The third-order valence-electron chi connectivity index (χ3n) is 3.81. The maximum absolute atomic E-state index is 12.2. The fourth-order valence-corrected chi connectivity index (χ4v) is 2.55. The van der Waals surface area contributed by atoms with Gasteiger partial charge >= 0.3 is 0 Å². The van der Waals surface area contributed by atoms with Crippen molar-refractivity contribution in [2.45, 2.75) is 38.6 Å². The lowest BCUT2D eigenvalue weighted by molar-refractivity contribution is -0.118. The summed E-state index contributed by atoms with van der Waals surface area (Å²) in [5.41, 5.74) is 0.956. The second-order valence-electron chi connectivity index (χ2n) is 5.29. The summed E-state index contributed by atoms with van der Waals surface area (Å²) in [7, 11) is 0. The van der Waals surface area contributed by atoms with Crippen LogP contribution >= 0.6 is 0 Å². The van der Waals surface area contributed by atoms with Crippen LogP contribution in [0.1, 0.15) is 38.2 Å². The zero-order valence-corrected chi connectivity index (χ0v) is 11.7. The average Bonchev–Trinajstić information content (AvgIpc) is 2.48. The SMILES string of the molecule is C[C@H]1CCCC[C@@H]1NC(=O)/C(C#N)=C/c1ccncc1. The maximum atomic E-state index is 12.2. The Hall–Kier alpha value is -2.15. The number of nitrogens with zero attached hydrogens (tertiary/aromatic N) is 2. The third kappa shape index (κ3) is 3.67. The maximum Gasteiger partial charge on any atom is 0.262 e. The van der Waals surface area contributed by atoms with Gasteiger partial charge in [0.25, 0.3) is 5.91 Å². The molecule has 104 valence electrons. The van der Waals surface area contributed by atoms with Gasteiger partial charge in [-0.2, -0.15) is 5.26 Å².